The highest BCUT2D eigenvalue weighted by Crippen LogP contribution is 2.18. The van der Waals surface area contributed by atoms with E-state index in [1.54, 1.807) is 0 Å². The maximum atomic E-state index is 8.91. The summed E-state index contributed by atoms with van der Waals surface area (Å²) in [5.74, 6) is 0.612. The number of aliphatic hydroxyl groups excluding tert-OH is 1. The minimum Gasteiger partial charge on any atom is -0.396 e. The van der Waals surface area contributed by atoms with Crippen LogP contribution in [0.3, 0.4) is 0 Å². The van der Waals surface area contributed by atoms with E-state index in [-0.39, 0.29) is 0 Å². The molecule has 1 heterocycles. The minimum atomic E-state index is 0.305. The van der Waals surface area contributed by atoms with Crippen LogP contribution in [0.25, 0.3) is 0 Å². The van der Waals surface area contributed by atoms with Crippen LogP contribution >= 0.6 is 0 Å². The van der Waals surface area contributed by atoms with Crippen molar-refractivity contribution in [2.45, 2.75) is 38.6 Å². The van der Waals surface area contributed by atoms with Gasteiger partial charge in [-0.15, -0.1) is 0 Å². The SMILES string of the molecule is CCCCN1CC(N)CC(CCO)C1. The van der Waals surface area contributed by atoms with E-state index in [2.05, 4.69) is 11.8 Å². The molecular weight excluding hydrogens is 176 g/mol. The van der Waals surface area contributed by atoms with Gasteiger partial charge in [-0.25, -0.2) is 0 Å². The summed E-state index contributed by atoms with van der Waals surface area (Å²) >= 11 is 0. The van der Waals surface area contributed by atoms with E-state index in [9.17, 15) is 0 Å². The Kier molecular flexibility index (Phi) is 5.45. The highest BCUT2D eigenvalue weighted by Gasteiger charge is 2.23. The first kappa shape index (κ1) is 12.0. The van der Waals surface area contributed by atoms with E-state index in [4.69, 9.17) is 10.8 Å². The van der Waals surface area contributed by atoms with Crippen molar-refractivity contribution < 1.29 is 5.11 Å². The molecule has 2 unspecified atom stereocenters. The summed E-state index contributed by atoms with van der Waals surface area (Å²) in [7, 11) is 0. The predicted molar refractivity (Wildman–Crippen MR) is 59.1 cm³/mol. The number of hydrogen-bond acceptors (Lipinski definition) is 3. The Morgan fingerprint density at radius 3 is 2.86 bits per heavy atom. The second-order valence-electron chi connectivity index (χ2n) is 4.49. The monoisotopic (exact) mass is 200 g/mol. The molecular formula is C11H24N2O. The Balaban J connectivity index is 2.29. The number of likely N-dealkylation sites (tertiary alicyclic amines) is 1. The number of piperidine rings is 1. The van der Waals surface area contributed by atoms with E-state index < -0.39 is 0 Å². The quantitative estimate of drug-likeness (QED) is 0.691. The first-order valence-corrected chi connectivity index (χ1v) is 5.85. The largest absolute Gasteiger partial charge is 0.396 e. The zero-order chi connectivity index (χ0) is 10.4. The molecule has 1 saturated heterocycles. The molecule has 0 aromatic carbocycles. The maximum Gasteiger partial charge on any atom is 0.0434 e. The fourth-order valence-electron chi connectivity index (χ4n) is 2.30. The summed E-state index contributed by atoms with van der Waals surface area (Å²) in [5, 5.41) is 8.91. The van der Waals surface area contributed by atoms with E-state index >= 15 is 0 Å². The van der Waals surface area contributed by atoms with Crippen LogP contribution in [0.2, 0.25) is 0 Å². The Bertz CT molecular complexity index is 152. The Hall–Kier alpha value is -0.120. The standard InChI is InChI=1S/C11H24N2O/c1-2-3-5-13-8-10(4-6-14)7-11(12)9-13/h10-11,14H,2-9,12H2,1H3. The molecule has 1 fully saturated rings. The van der Waals surface area contributed by atoms with Gasteiger partial charge in [-0.05, 0) is 31.7 Å². The number of aliphatic hydroxyl groups is 1. The molecule has 3 heteroatoms. The Labute approximate surface area is 87.3 Å². The van der Waals surface area contributed by atoms with E-state index in [1.807, 2.05) is 0 Å². The van der Waals surface area contributed by atoms with Gasteiger partial charge >= 0.3 is 0 Å². The molecule has 0 aromatic rings. The van der Waals surface area contributed by atoms with Gasteiger partial charge in [0, 0.05) is 25.7 Å². The predicted octanol–water partition coefficient (Wildman–Crippen LogP) is 0.818. The molecule has 3 N–H and O–H groups in total. The van der Waals surface area contributed by atoms with Gasteiger partial charge in [0.05, 0.1) is 0 Å². The second-order valence-corrected chi connectivity index (χ2v) is 4.49. The molecule has 2 atom stereocenters. The van der Waals surface area contributed by atoms with E-state index in [1.165, 1.54) is 19.4 Å². The first-order chi connectivity index (χ1) is 6.76. The average molecular weight is 200 g/mol. The molecule has 0 saturated carbocycles. The van der Waals surface area contributed by atoms with Crippen LogP contribution in [0, 0.1) is 5.92 Å². The zero-order valence-electron chi connectivity index (χ0n) is 9.28. The summed E-state index contributed by atoms with van der Waals surface area (Å²) in [4.78, 5) is 2.46. The summed E-state index contributed by atoms with van der Waals surface area (Å²) in [6.07, 6.45) is 4.51. The molecule has 0 bridgehead atoms. The van der Waals surface area contributed by atoms with Crippen LogP contribution in [0.1, 0.15) is 32.6 Å². The van der Waals surface area contributed by atoms with Crippen LogP contribution in [-0.4, -0.2) is 42.3 Å². The lowest BCUT2D eigenvalue weighted by Crippen LogP contribution is -2.47. The number of nitrogens with two attached hydrogens (primary N) is 1. The van der Waals surface area contributed by atoms with Crippen molar-refractivity contribution in [1.82, 2.24) is 4.90 Å². The molecule has 0 aliphatic carbocycles. The third-order valence-corrected chi connectivity index (χ3v) is 3.01. The second kappa shape index (κ2) is 6.38. The van der Waals surface area contributed by atoms with Crippen molar-refractivity contribution in [3.05, 3.63) is 0 Å². The molecule has 1 aliphatic heterocycles. The normalized spacial score (nSPS) is 29.4. The van der Waals surface area contributed by atoms with Crippen molar-refractivity contribution >= 4 is 0 Å². The maximum absolute atomic E-state index is 8.91. The van der Waals surface area contributed by atoms with Crippen LogP contribution in [0.5, 0.6) is 0 Å². The van der Waals surface area contributed by atoms with Gasteiger partial charge in [-0.1, -0.05) is 13.3 Å². The third kappa shape index (κ3) is 3.95. The van der Waals surface area contributed by atoms with E-state index in [0.717, 1.165) is 25.9 Å². The molecule has 14 heavy (non-hydrogen) atoms. The van der Waals surface area contributed by atoms with Crippen LogP contribution in [0.15, 0.2) is 0 Å². The average Bonchev–Trinajstić information content (AvgIpc) is 2.14. The molecule has 0 aromatic heterocycles. The van der Waals surface area contributed by atoms with Gasteiger partial charge in [0.25, 0.3) is 0 Å². The first-order valence-electron chi connectivity index (χ1n) is 5.85. The molecule has 84 valence electrons. The fourth-order valence-corrected chi connectivity index (χ4v) is 2.30. The van der Waals surface area contributed by atoms with E-state index in [0.29, 0.717) is 18.6 Å². The lowest BCUT2D eigenvalue weighted by atomic mass is 9.92. The molecule has 1 aliphatic rings. The number of nitrogens with zero attached hydrogens (tertiary/aromatic N) is 1. The zero-order valence-corrected chi connectivity index (χ0v) is 9.28. The summed E-state index contributed by atoms with van der Waals surface area (Å²) < 4.78 is 0. The topological polar surface area (TPSA) is 49.5 Å². The molecule has 3 nitrogen and oxygen atoms in total. The molecule has 0 amide bonds. The fraction of sp³-hybridized carbons (Fsp3) is 1.00. The lowest BCUT2D eigenvalue weighted by Gasteiger charge is -2.36. The van der Waals surface area contributed by atoms with Gasteiger partial charge in [0.15, 0.2) is 0 Å². The third-order valence-electron chi connectivity index (χ3n) is 3.01. The van der Waals surface area contributed by atoms with Gasteiger partial charge in [0.2, 0.25) is 0 Å². The van der Waals surface area contributed by atoms with Gasteiger partial charge < -0.3 is 15.7 Å². The van der Waals surface area contributed by atoms with Gasteiger partial charge in [-0.2, -0.15) is 0 Å². The lowest BCUT2D eigenvalue weighted by molar-refractivity contribution is 0.132. The Morgan fingerprint density at radius 2 is 2.21 bits per heavy atom. The molecule has 0 spiro atoms. The van der Waals surface area contributed by atoms with Gasteiger partial charge in [0.1, 0.15) is 0 Å². The minimum absolute atomic E-state index is 0.305. The van der Waals surface area contributed by atoms with Crippen molar-refractivity contribution in [1.29, 1.82) is 0 Å². The van der Waals surface area contributed by atoms with Crippen molar-refractivity contribution in [2.24, 2.45) is 11.7 Å². The highest BCUT2D eigenvalue weighted by atomic mass is 16.3. The molecule has 0 radical (unpaired) electrons. The highest BCUT2D eigenvalue weighted by molar-refractivity contribution is 4.80. The summed E-state index contributed by atoms with van der Waals surface area (Å²) in [5.41, 5.74) is 5.99. The number of hydrogen-bond donors (Lipinski definition) is 2. The summed E-state index contributed by atoms with van der Waals surface area (Å²) in [6, 6.07) is 0.317. The summed E-state index contributed by atoms with van der Waals surface area (Å²) in [6.45, 7) is 5.87. The number of unbranched alkanes of at least 4 members (excludes halogenated alkanes) is 1. The number of rotatable bonds is 5. The van der Waals surface area contributed by atoms with Crippen molar-refractivity contribution in [2.75, 3.05) is 26.2 Å². The Morgan fingerprint density at radius 1 is 1.43 bits per heavy atom. The van der Waals surface area contributed by atoms with Crippen LogP contribution in [-0.2, 0) is 0 Å². The van der Waals surface area contributed by atoms with Gasteiger partial charge in [-0.3, -0.25) is 0 Å². The smallest absolute Gasteiger partial charge is 0.0434 e. The van der Waals surface area contributed by atoms with Crippen molar-refractivity contribution in [3.63, 3.8) is 0 Å². The molecule has 1 rings (SSSR count). The van der Waals surface area contributed by atoms with Crippen LogP contribution < -0.4 is 5.73 Å². The van der Waals surface area contributed by atoms with Crippen molar-refractivity contribution in [3.8, 4) is 0 Å². The van der Waals surface area contributed by atoms with Crippen LogP contribution in [0.4, 0.5) is 0 Å².